The van der Waals surface area contributed by atoms with E-state index in [-0.39, 0.29) is 12.0 Å². The maximum atomic E-state index is 12.8. The molecule has 1 heterocycles. The zero-order chi connectivity index (χ0) is 21.4. The van der Waals surface area contributed by atoms with E-state index in [1.165, 1.54) is 36.1 Å². The van der Waals surface area contributed by atoms with Gasteiger partial charge in [-0.3, -0.25) is 4.79 Å². The van der Waals surface area contributed by atoms with Gasteiger partial charge in [-0.15, -0.1) is 0 Å². The van der Waals surface area contributed by atoms with Crippen LogP contribution in [0.3, 0.4) is 0 Å². The van der Waals surface area contributed by atoms with Crippen molar-refractivity contribution in [2.24, 2.45) is 17.8 Å². The number of anilines is 1. The number of amides is 1. The molecule has 4 nitrogen and oxygen atoms in total. The molecular weight excluding hydrogens is 384 g/mol. The van der Waals surface area contributed by atoms with Gasteiger partial charge in [0.05, 0.1) is 12.1 Å². The Kier molecular flexibility index (Phi) is 5.75. The molecule has 0 spiro atoms. The number of benzene rings is 2. The summed E-state index contributed by atoms with van der Waals surface area (Å²) >= 11 is 0. The molecule has 0 aromatic heterocycles. The minimum absolute atomic E-state index is 0.0252. The van der Waals surface area contributed by atoms with E-state index in [4.69, 9.17) is 4.74 Å². The summed E-state index contributed by atoms with van der Waals surface area (Å²) in [5, 5.41) is 6.93. The molecule has 2 aromatic rings. The van der Waals surface area contributed by atoms with Gasteiger partial charge in [0.2, 0.25) is 0 Å². The van der Waals surface area contributed by atoms with E-state index in [2.05, 4.69) is 53.1 Å². The Morgan fingerprint density at radius 2 is 1.94 bits per heavy atom. The minimum atomic E-state index is 0.0252. The van der Waals surface area contributed by atoms with Crippen LogP contribution in [0.1, 0.15) is 73.0 Å². The number of carbonyl (C=O) groups is 1. The second-order valence-electron chi connectivity index (χ2n) is 9.80. The SMILES string of the molecule is CC(C)OCCCNC(=O)c1ccc2c(c1)[C@H]1[C@H]3CC[C@@H](C3)[C@@H]1[C@@H](c1ccccc1)N2. The van der Waals surface area contributed by atoms with Crippen molar-refractivity contribution in [1.82, 2.24) is 5.32 Å². The first-order valence-corrected chi connectivity index (χ1v) is 12.0. The number of ether oxygens (including phenoxy) is 1. The fraction of sp³-hybridized carbons (Fsp3) is 0.519. The van der Waals surface area contributed by atoms with E-state index in [1.807, 2.05) is 19.9 Å². The minimum Gasteiger partial charge on any atom is -0.379 e. The molecule has 5 atom stereocenters. The van der Waals surface area contributed by atoms with Crippen molar-refractivity contribution < 1.29 is 9.53 Å². The standard InChI is InChI=1S/C27H34N2O2/c1-17(2)31-14-6-13-28-27(30)21-11-12-23-22(16-21)24-19-9-10-20(15-19)25(24)26(29-23)18-7-4-3-5-8-18/h3-5,7-8,11-12,16-17,19-20,24-26,29H,6,9-10,13-15H2,1-2H3,(H,28,30)/t19-,20-,24+,25-,26+/m0/s1. The molecule has 3 aliphatic rings. The van der Waals surface area contributed by atoms with Gasteiger partial charge in [-0.05, 0) is 92.5 Å². The Labute approximate surface area is 185 Å². The monoisotopic (exact) mass is 418 g/mol. The highest BCUT2D eigenvalue weighted by Crippen LogP contribution is 2.63. The first-order valence-electron chi connectivity index (χ1n) is 12.0. The summed E-state index contributed by atoms with van der Waals surface area (Å²) in [6.45, 7) is 5.39. The molecular formula is C27H34N2O2. The first kappa shape index (κ1) is 20.6. The Morgan fingerprint density at radius 1 is 1.13 bits per heavy atom. The van der Waals surface area contributed by atoms with Crippen LogP contribution in [0.25, 0.3) is 0 Å². The molecule has 164 valence electrons. The average molecular weight is 419 g/mol. The average Bonchev–Trinajstić information content (AvgIpc) is 3.41. The van der Waals surface area contributed by atoms with Gasteiger partial charge in [-0.2, -0.15) is 0 Å². The molecule has 2 bridgehead atoms. The largest absolute Gasteiger partial charge is 0.379 e. The molecule has 1 aliphatic heterocycles. The van der Waals surface area contributed by atoms with Crippen LogP contribution in [0, 0.1) is 17.8 Å². The van der Waals surface area contributed by atoms with Crippen molar-refractivity contribution in [3.63, 3.8) is 0 Å². The van der Waals surface area contributed by atoms with E-state index in [9.17, 15) is 4.79 Å². The van der Waals surface area contributed by atoms with Crippen LogP contribution in [-0.2, 0) is 4.74 Å². The molecule has 2 N–H and O–H groups in total. The summed E-state index contributed by atoms with van der Waals surface area (Å²) in [7, 11) is 0. The van der Waals surface area contributed by atoms with Crippen molar-refractivity contribution in [3.8, 4) is 0 Å². The third-order valence-electron chi connectivity index (χ3n) is 7.57. The maximum Gasteiger partial charge on any atom is 0.251 e. The van der Waals surface area contributed by atoms with E-state index in [0.29, 0.717) is 31.0 Å². The topological polar surface area (TPSA) is 50.4 Å². The normalized spacial score (nSPS) is 28.2. The number of rotatable bonds is 7. The van der Waals surface area contributed by atoms with Gasteiger partial charge >= 0.3 is 0 Å². The van der Waals surface area contributed by atoms with Gasteiger partial charge in [0.25, 0.3) is 5.91 Å². The summed E-state index contributed by atoms with van der Waals surface area (Å²) in [5.41, 5.74) is 4.75. The van der Waals surface area contributed by atoms with E-state index in [0.717, 1.165) is 23.8 Å². The number of hydrogen-bond donors (Lipinski definition) is 2. The summed E-state index contributed by atoms with van der Waals surface area (Å²) < 4.78 is 5.57. The molecule has 1 amide bonds. The number of hydrogen-bond acceptors (Lipinski definition) is 3. The summed E-state index contributed by atoms with van der Waals surface area (Å²) in [6, 6.07) is 17.6. The van der Waals surface area contributed by atoms with Crippen LogP contribution >= 0.6 is 0 Å². The summed E-state index contributed by atoms with van der Waals surface area (Å²) in [4.78, 5) is 12.8. The Bertz CT molecular complexity index is 926. The zero-order valence-corrected chi connectivity index (χ0v) is 18.6. The van der Waals surface area contributed by atoms with Gasteiger partial charge in [0.1, 0.15) is 0 Å². The lowest BCUT2D eigenvalue weighted by atomic mass is 9.68. The second-order valence-corrected chi connectivity index (χ2v) is 9.80. The second kappa shape index (κ2) is 8.66. The Morgan fingerprint density at radius 3 is 2.74 bits per heavy atom. The maximum absolute atomic E-state index is 12.8. The third kappa shape index (κ3) is 3.98. The van der Waals surface area contributed by atoms with Crippen molar-refractivity contribution >= 4 is 11.6 Å². The van der Waals surface area contributed by atoms with E-state index < -0.39 is 0 Å². The lowest BCUT2D eigenvalue weighted by molar-refractivity contribution is 0.0757. The molecule has 2 aromatic carbocycles. The molecule has 31 heavy (non-hydrogen) atoms. The molecule has 2 saturated carbocycles. The predicted octanol–water partition coefficient (Wildman–Crippen LogP) is 5.53. The quantitative estimate of drug-likeness (QED) is 0.582. The molecule has 0 saturated heterocycles. The molecule has 4 heteroatoms. The van der Waals surface area contributed by atoms with Crippen LogP contribution < -0.4 is 10.6 Å². The van der Waals surface area contributed by atoms with E-state index >= 15 is 0 Å². The van der Waals surface area contributed by atoms with Gasteiger partial charge in [0, 0.05) is 24.4 Å². The fourth-order valence-electron chi connectivity index (χ4n) is 6.31. The van der Waals surface area contributed by atoms with Crippen LogP contribution in [0.2, 0.25) is 0 Å². The number of nitrogens with one attached hydrogen (secondary N) is 2. The van der Waals surface area contributed by atoms with Crippen LogP contribution in [0.4, 0.5) is 5.69 Å². The lowest BCUT2D eigenvalue weighted by Crippen LogP contribution is -2.35. The first-order chi connectivity index (χ1) is 15.1. The number of fused-ring (bicyclic) bond motifs is 7. The smallest absolute Gasteiger partial charge is 0.251 e. The van der Waals surface area contributed by atoms with Crippen LogP contribution in [-0.4, -0.2) is 25.2 Å². The predicted molar refractivity (Wildman–Crippen MR) is 124 cm³/mol. The van der Waals surface area contributed by atoms with Gasteiger partial charge in [-0.1, -0.05) is 30.3 Å². The molecule has 5 rings (SSSR count). The highest BCUT2D eigenvalue weighted by Gasteiger charge is 2.53. The summed E-state index contributed by atoms with van der Waals surface area (Å²) in [6.07, 6.45) is 5.10. The highest BCUT2D eigenvalue weighted by atomic mass is 16.5. The molecule has 2 aliphatic carbocycles. The van der Waals surface area contributed by atoms with Gasteiger partial charge in [-0.25, -0.2) is 0 Å². The van der Waals surface area contributed by atoms with Crippen molar-refractivity contribution in [3.05, 3.63) is 65.2 Å². The summed E-state index contributed by atoms with van der Waals surface area (Å²) in [5.74, 6) is 2.76. The fourth-order valence-corrected chi connectivity index (χ4v) is 6.31. The Hall–Kier alpha value is -2.33. The van der Waals surface area contributed by atoms with E-state index in [1.54, 1.807) is 0 Å². The van der Waals surface area contributed by atoms with Gasteiger partial charge in [0.15, 0.2) is 0 Å². The van der Waals surface area contributed by atoms with Crippen LogP contribution in [0.15, 0.2) is 48.5 Å². The van der Waals surface area contributed by atoms with Gasteiger partial charge < -0.3 is 15.4 Å². The van der Waals surface area contributed by atoms with Crippen molar-refractivity contribution in [2.45, 2.75) is 57.6 Å². The van der Waals surface area contributed by atoms with Crippen molar-refractivity contribution in [1.29, 1.82) is 0 Å². The third-order valence-corrected chi connectivity index (χ3v) is 7.57. The Balaban J connectivity index is 1.35. The highest BCUT2D eigenvalue weighted by molar-refractivity contribution is 5.95. The molecule has 0 radical (unpaired) electrons. The lowest BCUT2D eigenvalue weighted by Gasteiger charge is -2.43. The van der Waals surface area contributed by atoms with Crippen LogP contribution in [0.5, 0.6) is 0 Å². The number of carbonyl (C=O) groups excluding carboxylic acids is 1. The van der Waals surface area contributed by atoms with Crippen molar-refractivity contribution in [2.75, 3.05) is 18.5 Å². The zero-order valence-electron chi connectivity index (χ0n) is 18.6. The molecule has 0 unspecified atom stereocenters. The molecule has 2 fully saturated rings.